The Morgan fingerprint density at radius 1 is 1.07 bits per heavy atom. The lowest BCUT2D eigenvalue weighted by atomic mass is 9.93. The summed E-state index contributed by atoms with van der Waals surface area (Å²) in [7, 11) is 0. The number of rotatable bonds is 2. The number of benzene rings is 2. The second-order valence-electron chi connectivity index (χ2n) is 7.76. The van der Waals surface area contributed by atoms with E-state index in [4.69, 9.17) is 4.98 Å². The molecule has 0 spiro atoms. The van der Waals surface area contributed by atoms with Gasteiger partial charge in [-0.1, -0.05) is 24.3 Å². The molecule has 29 heavy (non-hydrogen) atoms. The van der Waals surface area contributed by atoms with Gasteiger partial charge in [-0.05, 0) is 56.0 Å². The first kappa shape index (κ1) is 17.9. The van der Waals surface area contributed by atoms with Crippen LogP contribution in [0.3, 0.4) is 0 Å². The third-order valence-corrected chi connectivity index (χ3v) is 5.89. The van der Waals surface area contributed by atoms with E-state index in [1.165, 1.54) is 12.1 Å². The number of halogens is 1. The molecule has 1 atom stereocenters. The molecule has 2 aliphatic rings. The lowest BCUT2D eigenvalue weighted by molar-refractivity contribution is -0.128. The average molecular weight is 390 g/mol. The number of likely N-dealkylation sites (tertiary alicyclic amines) is 1. The fourth-order valence-electron chi connectivity index (χ4n) is 4.47. The average Bonchev–Trinajstić information content (AvgIpc) is 3.11. The maximum atomic E-state index is 13.6. The summed E-state index contributed by atoms with van der Waals surface area (Å²) in [5.41, 5.74) is 4.19. The van der Waals surface area contributed by atoms with Crippen LogP contribution in [0.2, 0.25) is 0 Å². The van der Waals surface area contributed by atoms with Gasteiger partial charge in [0.15, 0.2) is 0 Å². The van der Waals surface area contributed by atoms with Crippen molar-refractivity contribution in [2.75, 3.05) is 18.4 Å². The van der Waals surface area contributed by atoms with Crippen LogP contribution in [-0.2, 0) is 4.79 Å². The Morgan fingerprint density at radius 2 is 1.79 bits per heavy atom. The van der Waals surface area contributed by atoms with Crippen LogP contribution in [0.15, 0.2) is 59.8 Å². The molecule has 0 unspecified atom stereocenters. The van der Waals surface area contributed by atoms with Crippen molar-refractivity contribution < 1.29 is 9.18 Å². The first-order chi connectivity index (χ1) is 14.1. The van der Waals surface area contributed by atoms with Crippen LogP contribution >= 0.6 is 0 Å². The van der Waals surface area contributed by atoms with Crippen LogP contribution in [0.4, 0.5) is 10.3 Å². The number of anilines is 1. The topological polar surface area (TPSA) is 50.2 Å². The molecule has 1 N–H and O–H groups in total. The van der Waals surface area contributed by atoms with Crippen LogP contribution in [0, 0.1) is 5.82 Å². The molecule has 5 rings (SSSR count). The van der Waals surface area contributed by atoms with Gasteiger partial charge in [-0.2, -0.15) is 0 Å². The number of carbonyl (C=O) groups is 1. The largest absolute Gasteiger partial charge is 0.339 e. The highest BCUT2D eigenvalue weighted by Crippen LogP contribution is 2.40. The number of piperidine rings is 1. The summed E-state index contributed by atoms with van der Waals surface area (Å²) < 4.78 is 15.7. The summed E-state index contributed by atoms with van der Waals surface area (Å²) >= 11 is 0. The second-order valence-corrected chi connectivity index (χ2v) is 7.76. The Bertz CT molecular complexity index is 1110. The highest BCUT2D eigenvalue weighted by molar-refractivity contribution is 5.98. The molecular weight excluding hydrogens is 367 g/mol. The van der Waals surface area contributed by atoms with Crippen LogP contribution < -0.4 is 5.32 Å². The molecule has 148 valence electrons. The SMILES string of the molecule is CC1=C(C(=O)N2CCCCC2)[C@@H](c2ccc(F)cc2)n2c(nc3ccccc32)N1. The molecule has 5 nitrogen and oxygen atoms in total. The molecule has 3 heterocycles. The van der Waals surface area contributed by atoms with Crippen molar-refractivity contribution in [3.05, 3.63) is 71.2 Å². The van der Waals surface area contributed by atoms with Gasteiger partial charge < -0.3 is 10.2 Å². The van der Waals surface area contributed by atoms with E-state index in [1.807, 2.05) is 36.1 Å². The fourth-order valence-corrected chi connectivity index (χ4v) is 4.47. The van der Waals surface area contributed by atoms with Crippen molar-refractivity contribution in [3.63, 3.8) is 0 Å². The Balaban J connectivity index is 1.69. The summed E-state index contributed by atoms with van der Waals surface area (Å²) in [6.45, 7) is 3.49. The van der Waals surface area contributed by atoms with Crippen LogP contribution in [0.5, 0.6) is 0 Å². The predicted octanol–water partition coefficient (Wildman–Crippen LogP) is 4.48. The molecule has 3 aromatic rings. The standard InChI is InChI=1S/C23H23FN4O/c1-15-20(22(29)27-13-5-2-6-14-27)21(16-9-11-17(24)12-10-16)28-19-8-4-3-7-18(19)26-23(28)25-15/h3-4,7-12,21H,2,5-6,13-14H2,1H3,(H,25,26)/t21-/m1/s1. The monoisotopic (exact) mass is 390 g/mol. The molecule has 2 aromatic carbocycles. The summed E-state index contributed by atoms with van der Waals surface area (Å²) in [6, 6.07) is 14.0. The number of hydrogen-bond donors (Lipinski definition) is 1. The minimum Gasteiger partial charge on any atom is -0.339 e. The summed E-state index contributed by atoms with van der Waals surface area (Å²) in [4.78, 5) is 20.3. The molecule has 0 aliphatic carbocycles. The van der Waals surface area contributed by atoms with Gasteiger partial charge in [-0.15, -0.1) is 0 Å². The lowest BCUT2D eigenvalue weighted by Gasteiger charge is -2.35. The number of allylic oxidation sites excluding steroid dienone is 1. The molecule has 0 radical (unpaired) electrons. The summed E-state index contributed by atoms with van der Waals surface area (Å²) in [5.74, 6) is 0.462. The van der Waals surface area contributed by atoms with Gasteiger partial charge in [-0.3, -0.25) is 9.36 Å². The molecule has 1 saturated heterocycles. The summed E-state index contributed by atoms with van der Waals surface area (Å²) in [6.07, 6.45) is 3.23. The normalized spacial score (nSPS) is 19.2. The van der Waals surface area contributed by atoms with E-state index < -0.39 is 0 Å². The van der Waals surface area contributed by atoms with E-state index in [0.717, 1.165) is 54.6 Å². The van der Waals surface area contributed by atoms with E-state index >= 15 is 0 Å². The molecule has 2 aliphatic heterocycles. The number of nitrogens with zero attached hydrogens (tertiary/aromatic N) is 3. The van der Waals surface area contributed by atoms with Crippen molar-refractivity contribution in [2.45, 2.75) is 32.2 Å². The molecule has 1 amide bonds. The smallest absolute Gasteiger partial charge is 0.254 e. The van der Waals surface area contributed by atoms with Gasteiger partial charge in [0.25, 0.3) is 5.91 Å². The molecule has 1 fully saturated rings. The molecule has 0 bridgehead atoms. The van der Waals surface area contributed by atoms with Gasteiger partial charge in [0.05, 0.1) is 22.6 Å². The van der Waals surface area contributed by atoms with E-state index in [9.17, 15) is 9.18 Å². The molecular formula is C23H23FN4O. The Kier molecular flexibility index (Phi) is 4.34. The zero-order valence-electron chi connectivity index (χ0n) is 16.4. The van der Waals surface area contributed by atoms with Crippen molar-refractivity contribution in [1.29, 1.82) is 0 Å². The lowest BCUT2D eigenvalue weighted by Crippen LogP contribution is -2.40. The number of amides is 1. The first-order valence-corrected chi connectivity index (χ1v) is 10.1. The van der Waals surface area contributed by atoms with Crippen molar-refractivity contribution in [2.24, 2.45) is 0 Å². The van der Waals surface area contributed by atoms with Crippen molar-refractivity contribution >= 4 is 22.9 Å². The highest BCUT2D eigenvalue weighted by Gasteiger charge is 2.36. The molecule has 6 heteroatoms. The number of imidazole rings is 1. The van der Waals surface area contributed by atoms with Crippen LogP contribution in [-0.4, -0.2) is 33.4 Å². The number of aromatic nitrogens is 2. The molecule has 0 saturated carbocycles. The fraction of sp³-hybridized carbons (Fsp3) is 0.304. The Hall–Kier alpha value is -3.15. The van der Waals surface area contributed by atoms with Gasteiger partial charge >= 0.3 is 0 Å². The van der Waals surface area contributed by atoms with Crippen LogP contribution in [0.1, 0.15) is 37.8 Å². The quantitative estimate of drug-likeness (QED) is 0.702. The zero-order valence-corrected chi connectivity index (χ0v) is 16.4. The van der Waals surface area contributed by atoms with Gasteiger partial charge in [-0.25, -0.2) is 9.37 Å². The second kappa shape index (κ2) is 7.03. The number of carbonyl (C=O) groups excluding carboxylic acids is 1. The number of para-hydroxylation sites is 2. The van der Waals surface area contributed by atoms with E-state index in [2.05, 4.69) is 9.88 Å². The number of hydrogen-bond acceptors (Lipinski definition) is 3. The van der Waals surface area contributed by atoms with Crippen molar-refractivity contribution in [1.82, 2.24) is 14.5 Å². The van der Waals surface area contributed by atoms with Gasteiger partial charge in [0.1, 0.15) is 5.82 Å². The number of fused-ring (bicyclic) bond motifs is 3. The minimum atomic E-state index is -0.353. The zero-order chi connectivity index (χ0) is 20.0. The van der Waals surface area contributed by atoms with Gasteiger partial charge in [0.2, 0.25) is 5.95 Å². The number of nitrogens with one attached hydrogen (secondary N) is 1. The summed E-state index contributed by atoms with van der Waals surface area (Å²) in [5, 5.41) is 3.34. The molecule has 1 aromatic heterocycles. The minimum absolute atomic E-state index is 0.0486. The van der Waals surface area contributed by atoms with E-state index in [1.54, 1.807) is 12.1 Å². The van der Waals surface area contributed by atoms with Crippen molar-refractivity contribution in [3.8, 4) is 0 Å². The van der Waals surface area contributed by atoms with Crippen LogP contribution in [0.25, 0.3) is 11.0 Å². The Morgan fingerprint density at radius 3 is 2.55 bits per heavy atom. The van der Waals surface area contributed by atoms with E-state index in [-0.39, 0.29) is 17.8 Å². The highest BCUT2D eigenvalue weighted by atomic mass is 19.1. The third-order valence-electron chi connectivity index (χ3n) is 5.89. The maximum Gasteiger partial charge on any atom is 0.254 e. The third kappa shape index (κ3) is 2.99. The predicted molar refractivity (Wildman–Crippen MR) is 111 cm³/mol. The Labute approximate surface area is 168 Å². The van der Waals surface area contributed by atoms with Gasteiger partial charge in [0, 0.05) is 18.8 Å². The first-order valence-electron chi connectivity index (χ1n) is 10.1. The van der Waals surface area contributed by atoms with E-state index in [0.29, 0.717) is 11.5 Å². The maximum absolute atomic E-state index is 13.6.